The molecule has 1 heterocycles. The van der Waals surface area contributed by atoms with E-state index in [9.17, 15) is 16.8 Å². The second-order valence-electron chi connectivity index (χ2n) is 5.53. The van der Waals surface area contributed by atoms with Gasteiger partial charge in [-0.15, -0.1) is 0 Å². The first-order chi connectivity index (χ1) is 10.3. The third-order valence-electron chi connectivity index (χ3n) is 3.76. The number of sulfone groups is 2. The molecule has 8 heteroatoms. The number of hydrogen-bond donors (Lipinski definition) is 1. The molecule has 1 aromatic rings. The standard InChI is InChI=1S/C14H21NO5S2/c1-11-3-5-12(6-4-11)22(18,19)14-10-21(16,17)9-13(14)15-7-8-20-2/h3-6,13-15H,7-10H2,1-2H3. The number of nitrogens with one attached hydrogen (secondary N) is 1. The average Bonchev–Trinajstić information content (AvgIpc) is 2.75. The van der Waals surface area contributed by atoms with Gasteiger partial charge in [-0.2, -0.15) is 0 Å². The SMILES string of the molecule is COCCNC1CS(=O)(=O)CC1S(=O)(=O)c1ccc(C)cc1. The monoisotopic (exact) mass is 347 g/mol. The molecule has 1 aliphatic heterocycles. The molecule has 1 saturated heterocycles. The van der Waals surface area contributed by atoms with Gasteiger partial charge in [-0.05, 0) is 19.1 Å². The molecule has 2 atom stereocenters. The van der Waals surface area contributed by atoms with Gasteiger partial charge in [-0.1, -0.05) is 17.7 Å². The van der Waals surface area contributed by atoms with E-state index in [1.165, 1.54) is 19.2 Å². The van der Waals surface area contributed by atoms with Crippen LogP contribution in [-0.4, -0.2) is 59.9 Å². The largest absolute Gasteiger partial charge is 0.383 e. The summed E-state index contributed by atoms with van der Waals surface area (Å²) in [6, 6.07) is 5.88. The Kier molecular flexibility index (Phi) is 5.26. The number of rotatable bonds is 6. The van der Waals surface area contributed by atoms with Gasteiger partial charge >= 0.3 is 0 Å². The van der Waals surface area contributed by atoms with Crippen LogP contribution >= 0.6 is 0 Å². The highest BCUT2D eigenvalue weighted by molar-refractivity contribution is 7.96. The fraction of sp³-hybridized carbons (Fsp3) is 0.571. The van der Waals surface area contributed by atoms with Crippen molar-refractivity contribution in [1.29, 1.82) is 0 Å². The second kappa shape index (κ2) is 6.66. The number of ether oxygens (including phenoxy) is 1. The first-order valence-corrected chi connectivity index (χ1v) is 10.4. The van der Waals surface area contributed by atoms with Crippen LogP contribution in [0.25, 0.3) is 0 Å². The molecule has 0 radical (unpaired) electrons. The van der Waals surface area contributed by atoms with Gasteiger partial charge in [0, 0.05) is 19.7 Å². The molecule has 0 saturated carbocycles. The molecule has 0 spiro atoms. The fourth-order valence-electron chi connectivity index (χ4n) is 2.56. The molecular weight excluding hydrogens is 326 g/mol. The number of hydrogen-bond acceptors (Lipinski definition) is 6. The van der Waals surface area contributed by atoms with Crippen LogP contribution in [0.5, 0.6) is 0 Å². The Balaban J connectivity index is 2.28. The highest BCUT2D eigenvalue weighted by atomic mass is 32.2. The zero-order valence-corrected chi connectivity index (χ0v) is 14.3. The summed E-state index contributed by atoms with van der Waals surface area (Å²) in [4.78, 5) is 0.166. The molecule has 1 aliphatic rings. The predicted molar refractivity (Wildman–Crippen MR) is 84.5 cm³/mol. The van der Waals surface area contributed by atoms with E-state index in [1.54, 1.807) is 12.1 Å². The van der Waals surface area contributed by atoms with E-state index in [-0.39, 0.29) is 16.4 Å². The minimum absolute atomic E-state index is 0.160. The Hall–Kier alpha value is -0.960. The molecule has 22 heavy (non-hydrogen) atoms. The maximum Gasteiger partial charge on any atom is 0.183 e. The highest BCUT2D eigenvalue weighted by Gasteiger charge is 2.45. The Labute approximate surface area is 131 Å². The van der Waals surface area contributed by atoms with Crippen LogP contribution in [0.2, 0.25) is 0 Å². The maximum atomic E-state index is 12.7. The summed E-state index contributed by atoms with van der Waals surface area (Å²) in [6.07, 6.45) is 0. The third kappa shape index (κ3) is 3.87. The number of aryl methyl sites for hydroxylation is 1. The first-order valence-electron chi connectivity index (χ1n) is 6.99. The Morgan fingerprint density at radius 3 is 2.45 bits per heavy atom. The fourth-order valence-corrected chi connectivity index (χ4v) is 7.28. The minimum atomic E-state index is -3.70. The van der Waals surface area contributed by atoms with Gasteiger partial charge in [-0.3, -0.25) is 0 Å². The van der Waals surface area contributed by atoms with E-state index in [4.69, 9.17) is 4.74 Å². The summed E-state index contributed by atoms with van der Waals surface area (Å²) in [5.74, 6) is -0.500. The number of methoxy groups -OCH3 is 1. The summed E-state index contributed by atoms with van der Waals surface area (Å²) in [7, 11) is -5.52. The normalized spacial score (nSPS) is 24.5. The topological polar surface area (TPSA) is 89.5 Å². The van der Waals surface area contributed by atoms with Crippen molar-refractivity contribution < 1.29 is 21.6 Å². The molecule has 0 bridgehead atoms. The molecular formula is C14H21NO5S2. The molecule has 0 aliphatic carbocycles. The zero-order chi connectivity index (χ0) is 16.4. The van der Waals surface area contributed by atoms with Crippen LogP contribution in [0, 0.1) is 6.92 Å². The van der Waals surface area contributed by atoms with Crippen molar-refractivity contribution in [3.05, 3.63) is 29.8 Å². The van der Waals surface area contributed by atoms with Crippen LogP contribution in [0.3, 0.4) is 0 Å². The third-order valence-corrected chi connectivity index (χ3v) is 7.93. The summed E-state index contributed by atoms with van der Waals surface area (Å²) in [6.45, 7) is 2.68. The van der Waals surface area contributed by atoms with E-state index in [0.29, 0.717) is 13.2 Å². The predicted octanol–water partition coefficient (Wildman–Crippen LogP) is 0.170. The van der Waals surface area contributed by atoms with Gasteiger partial charge in [0.25, 0.3) is 0 Å². The lowest BCUT2D eigenvalue weighted by atomic mass is 10.2. The number of benzene rings is 1. The van der Waals surface area contributed by atoms with Crippen LogP contribution in [0.1, 0.15) is 5.56 Å². The van der Waals surface area contributed by atoms with Crippen molar-refractivity contribution in [1.82, 2.24) is 5.32 Å². The molecule has 1 aromatic carbocycles. The molecule has 0 amide bonds. The van der Waals surface area contributed by atoms with E-state index >= 15 is 0 Å². The van der Waals surface area contributed by atoms with E-state index in [1.807, 2.05) is 6.92 Å². The lowest BCUT2D eigenvalue weighted by molar-refractivity contribution is 0.196. The van der Waals surface area contributed by atoms with E-state index < -0.39 is 31.0 Å². The van der Waals surface area contributed by atoms with Crippen molar-refractivity contribution in [2.75, 3.05) is 31.8 Å². The molecule has 2 unspecified atom stereocenters. The van der Waals surface area contributed by atoms with E-state index in [0.717, 1.165) is 5.56 Å². The van der Waals surface area contributed by atoms with Gasteiger partial charge < -0.3 is 10.1 Å². The molecule has 6 nitrogen and oxygen atoms in total. The Morgan fingerprint density at radius 1 is 1.23 bits per heavy atom. The van der Waals surface area contributed by atoms with Crippen LogP contribution in [-0.2, 0) is 24.4 Å². The van der Waals surface area contributed by atoms with Crippen LogP contribution in [0.15, 0.2) is 29.2 Å². The molecule has 124 valence electrons. The quantitative estimate of drug-likeness (QED) is 0.738. The molecule has 1 N–H and O–H groups in total. The van der Waals surface area contributed by atoms with Gasteiger partial charge in [-0.25, -0.2) is 16.8 Å². The zero-order valence-electron chi connectivity index (χ0n) is 12.7. The van der Waals surface area contributed by atoms with Gasteiger partial charge in [0.15, 0.2) is 19.7 Å². The summed E-state index contributed by atoms with van der Waals surface area (Å²) in [5, 5.41) is 2.03. The smallest absolute Gasteiger partial charge is 0.183 e. The van der Waals surface area contributed by atoms with Gasteiger partial charge in [0.1, 0.15) is 0 Å². The summed E-state index contributed by atoms with van der Waals surface area (Å²) >= 11 is 0. The molecule has 0 aromatic heterocycles. The lowest BCUT2D eigenvalue weighted by Gasteiger charge is -2.20. The van der Waals surface area contributed by atoms with Crippen LogP contribution < -0.4 is 5.32 Å². The summed E-state index contributed by atoms with van der Waals surface area (Å²) in [5.41, 5.74) is 0.952. The van der Waals surface area contributed by atoms with Crippen molar-refractivity contribution in [2.24, 2.45) is 0 Å². The Bertz CT molecular complexity index is 710. The van der Waals surface area contributed by atoms with Crippen molar-refractivity contribution in [3.8, 4) is 0 Å². The van der Waals surface area contributed by atoms with Crippen molar-refractivity contribution in [3.63, 3.8) is 0 Å². The second-order valence-corrected chi connectivity index (χ2v) is 9.85. The summed E-state index contributed by atoms with van der Waals surface area (Å²) < 4.78 is 54.2. The molecule has 2 rings (SSSR count). The van der Waals surface area contributed by atoms with Gasteiger partial charge in [0.2, 0.25) is 0 Å². The van der Waals surface area contributed by atoms with Crippen LogP contribution in [0.4, 0.5) is 0 Å². The minimum Gasteiger partial charge on any atom is -0.383 e. The highest BCUT2D eigenvalue weighted by Crippen LogP contribution is 2.26. The van der Waals surface area contributed by atoms with Crippen molar-refractivity contribution in [2.45, 2.75) is 23.1 Å². The average molecular weight is 347 g/mol. The van der Waals surface area contributed by atoms with Crippen molar-refractivity contribution >= 4 is 19.7 Å². The van der Waals surface area contributed by atoms with E-state index in [2.05, 4.69) is 5.32 Å². The Morgan fingerprint density at radius 2 is 1.86 bits per heavy atom. The lowest BCUT2D eigenvalue weighted by Crippen LogP contribution is -2.44. The maximum absolute atomic E-state index is 12.7. The van der Waals surface area contributed by atoms with Gasteiger partial charge in [0.05, 0.1) is 28.3 Å². The first kappa shape index (κ1) is 17.4. The molecule has 1 fully saturated rings.